The molecule has 3 rings (SSSR count). The highest BCUT2D eigenvalue weighted by atomic mass is 16.2. The summed E-state index contributed by atoms with van der Waals surface area (Å²) in [5, 5.41) is 8.50. The largest absolute Gasteiger partial charge is 0.352 e. The number of urea groups is 1. The average Bonchev–Trinajstić information content (AvgIpc) is 2.78. The number of carbonyl (C=O) groups is 2. The van der Waals surface area contributed by atoms with Crippen molar-refractivity contribution < 1.29 is 9.59 Å². The van der Waals surface area contributed by atoms with Crippen LogP contribution in [0.4, 0.5) is 16.2 Å². The first kappa shape index (κ1) is 21.8. The third-order valence-electron chi connectivity index (χ3n) is 5.29. The molecular weight excluding hydrogens is 378 g/mol. The quantitative estimate of drug-likeness (QED) is 0.586. The van der Waals surface area contributed by atoms with Crippen LogP contribution >= 0.6 is 0 Å². The fourth-order valence-corrected chi connectivity index (χ4v) is 3.46. The number of likely N-dealkylation sites (N-methyl/N-ethyl adjacent to an activating group) is 1. The summed E-state index contributed by atoms with van der Waals surface area (Å²) < 4.78 is 0. The molecule has 0 saturated carbocycles. The van der Waals surface area contributed by atoms with Crippen LogP contribution in [0.2, 0.25) is 0 Å². The topological polar surface area (TPSA) is 76.7 Å². The number of piperazine rings is 1. The van der Waals surface area contributed by atoms with Crippen LogP contribution in [0.25, 0.3) is 0 Å². The van der Waals surface area contributed by atoms with Crippen molar-refractivity contribution in [3.8, 4) is 0 Å². The number of para-hydroxylation sites is 1. The molecule has 1 heterocycles. The van der Waals surface area contributed by atoms with E-state index in [2.05, 4.69) is 32.7 Å². The van der Waals surface area contributed by atoms with Crippen molar-refractivity contribution in [2.24, 2.45) is 0 Å². The number of hydrogen-bond donors (Lipinski definition) is 3. The fraction of sp³-hybridized carbons (Fsp3) is 0.391. The van der Waals surface area contributed by atoms with Crippen LogP contribution in [-0.2, 0) is 0 Å². The first-order chi connectivity index (χ1) is 14.6. The molecule has 7 heteroatoms. The zero-order valence-corrected chi connectivity index (χ0v) is 17.6. The Morgan fingerprint density at radius 1 is 0.833 bits per heavy atom. The molecule has 1 saturated heterocycles. The lowest BCUT2D eigenvalue weighted by Gasteiger charge is -2.33. The number of amides is 3. The van der Waals surface area contributed by atoms with E-state index in [1.54, 1.807) is 24.3 Å². The van der Waals surface area contributed by atoms with Crippen LogP contribution in [0, 0.1) is 0 Å². The molecule has 7 nitrogen and oxygen atoms in total. The van der Waals surface area contributed by atoms with Gasteiger partial charge in [0.15, 0.2) is 0 Å². The van der Waals surface area contributed by atoms with Gasteiger partial charge in [0, 0.05) is 49.7 Å². The van der Waals surface area contributed by atoms with Gasteiger partial charge < -0.3 is 25.8 Å². The Kier molecular flexibility index (Phi) is 8.23. The number of rotatable bonds is 8. The molecule has 160 valence electrons. The number of nitrogens with one attached hydrogen (secondary N) is 3. The van der Waals surface area contributed by atoms with Gasteiger partial charge in [0.1, 0.15) is 0 Å². The molecule has 0 bridgehead atoms. The molecule has 0 aromatic heterocycles. The van der Waals surface area contributed by atoms with Crippen LogP contribution in [-0.4, -0.2) is 67.6 Å². The van der Waals surface area contributed by atoms with Crippen LogP contribution < -0.4 is 16.0 Å². The van der Waals surface area contributed by atoms with Gasteiger partial charge in [-0.2, -0.15) is 0 Å². The van der Waals surface area contributed by atoms with Gasteiger partial charge in [-0.1, -0.05) is 25.1 Å². The van der Waals surface area contributed by atoms with Gasteiger partial charge in [-0.05, 0) is 55.9 Å². The van der Waals surface area contributed by atoms with Crippen molar-refractivity contribution in [3.05, 3.63) is 60.2 Å². The first-order valence-corrected chi connectivity index (χ1v) is 10.6. The predicted molar refractivity (Wildman–Crippen MR) is 121 cm³/mol. The lowest BCUT2D eigenvalue weighted by Crippen LogP contribution is -2.46. The Balaban J connectivity index is 1.36. The zero-order valence-electron chi connectivity index (χ0n) is 17.6. The lowest BCUT2D eigenvalue weighted by atomic mass is 10.2. The van der Waals surface area contributed by atoms with Gasteiger partial charge in [0.25, 0.3) is 5.91 Å². The molecule has 3 N–H and O–H groups in total. The highest BCUT2D eigenvalue weighted by Gasteiger charge is 2.14. The van der Waals surface area contributed by atoms with E-state index in [4.69, 9.17) is 0 Å². The van der Waals surface area contributed by atoms with E-state index in [0.29, 0.717) is 17.8 Å². The molecule has 1 aliphatic heterocycles. The van der Waals surface area contributed by atoms with Crippen molar-refractivity contribution in [2.45, 2.75) is 13.3 Å². The van der Waals surface area contributed by atoms with E-state index in [9.17, 15) is 9.59 Å². The molecule has 1 fully saturated rings. The highest BCUT2D eigenvalue weighted by Crippen LogP contribution is 2.11. The molecule has 2 aromatic rings. The number of nitrogens with zero attached hydrogens (tertiary/aromatic N) is 2. The SMILES string of the molecule is CCN1CCN(CCCNC(=O)c2ccc(NC(=O)Nc3ccccc3)cc2)CC1. The molecule has 1 aliphatic rings. The monoisotopic (exact) mass is 409 g/mol. The highest BCUT2D eigenvalue weighted by molar-refractivity contribution is 6.00. The molecule has 0 unspecified atom stereocenters. The molecule has 0 atom stereocenters. The van der Waals surface area contributed by atoms with Gasteiger partial charge in [-0.3, -0.25) is 4.79 Å². The van der Waals surface area contributed by atoms with E-state index < -0.39 is 0 Å². The number of anilines is 2. The Morgan fingerprint density at radius 3 is 2.07 bits per heavy atom. The summed E-state index contributed by atoms with van der Waals surface area (Å²) in [4.78, 5) is 29.3. The number of benzene rings is 2. The third kappa shape index (κ3) is 6.86. The van der Waals surface area contributed by atoms with Crippen LogP contribution in [0.15, 0.2) is 54.6 Å². The second-order valence-corrected chi connectivity index (χ2v) is 7.41. The Hall–Kier alpha value is -2.90. The Labute approximate surface area is 178 Å². The molecule has 0 radical (unpaired) electrons. The summed E-state index contributed by atoms with van der Waals surface area (Å²) in [6.07, 6.45) is 0.942. The fourth-order valence-electron chi connectivity index (χ4n) is 3.46. The van der Waals surface area contributed by atoms with Crippen molar-refractivity contribution in [1.29, 1.82) is 0 Å². The first-order valence-electron chi connectivity index (χ1n) is 10.6. The van der Waals surface area contributed by atoms with Gasteiger partial charge in [-0.15, -0.1) is 0 Å². The molecule has 3 amide bonds. The zero-order chi connectivity index (χ0) is 21.2. The maximum absolute atomic E-state index is 12.3. The summed E-state index contributed by atoms with van der Waals surface area (Å²) >= 11 is 0. The molecule has 2 aromatic carbocycles. The maximum atomic E-state index is 12.3. The molecule has 0 aliphatic carbocycles. The predicted octanol–water partition coefficient (Wildman–Crippen LogP) is 3.09. The molecule has 30 heavy (non-hydrogen) atoms. The summed E-state index contributed by atoms with van der Waals surface area (Å²) in [6.45, 7) is 9.47. The number of carbonyl (C=O) groups excluding carboxylic acids is 2. The Bertz CT molecular complexity index is 802. The molecule has 0 spiro atoms. The third-order valence-corrected chi connectivity index (χ3v) is 5.29. The van der Waals surface area contributed by atoms with Crippen molar-refractivity contribution >= 4 is 23.3 Å². The minimum Gasteiger partial charge on any atom is -0.352 e. The van der Waals surface area contributed by atoms with Crippen LogP contribution in [0.3, 0.4) is 0 Å². The van der Waals surface area contributed by atoms with Crippen molar-refractivity contribution in [1.82, 2.24) is 15.1 Å². The summed E-state index contributed by atoms with van der Waals surface area (Å²) in [5.41, 5.74) is 1.94. The number of hydrogen-bond acceptors (Lipinski definition) is 4. The van der Waals surface area contributed by atoms with E-state index in [1.807, 2.05) is 30.3 Å². The van der Waals surface area contributed by atoms with Gasteiger partial charge in [-0.25, -0.2) is 4.79 Å². The van der Waals surface area contributed by atoms with Crippen LogP contribution in [0.1, 0.15) is 23.7 Å². The Morgan fingerprint density at radius 2 is 1.43 bits per heavy atom. The van der Waals surface area contributed by atoms with Crippen molar-refractivity contribution in [2.75, 3.05) is 56.4 Å². The van der Waals surface area contributed by atoms with E-state index in [-0.39, 0.29) is 11.9 Å². The lowest BCUT2D eigenvalue weighted by molar-refractivity contribution is 0.0948. The summed E-state index contributed by atoms with van der Waals surface area (Å²) in [5.74, 6) is -0.0916. The van der Waals surface area contributed by atoms with Gasteiger partial charge in [0.2, 0.25) is 0 Å². The van der Waals surface area contributed by atoms with E-state index >= 15 is 0 Å². The minimum absolute atomic E-state index is 0.0916. The molecular formula is C23H31N5O2. The maximum Gasteiger partial charge on any atom is 0.323 e. The normalized spacial score (nSPS) is 14.8. The second-order valence-electron chi connectivity index (χ2n) is 7.41. The average molecular weight is 410 g/mol. The van der Waals surface area contributed by atoms with Crippen LogP contribution in [0.5, 0.6) is 0 Å². The smallest absolute Gasteiger partial charge is 0.323 e. The standard InChI is InChI=1S/C23H31N5O2/c1-2-27-15-17-28(18-16-27)14-6-13-24-22(29)19-9-11-21(12-10-19)26-23(30)25-20-7-4-3-5-8-20/h3-5,7-12H,2,6,13-18H2,1H3,(H,24,29)(H2,25,26,30). The van der Waals surface area contributed by atoms with Crippen molar-refractivity contribution in [3.63, 3.8) is 0 Å². The van der Waals surface area contributed by atoms with E-state index in [0.717, 1.165) is 51.4 Å². The van der Waals surface area contributed by atoms with E-state index in [1.165, 1.54) is 0 Å². The second kappa shape index (κ2) is 11.3. The summed E-state index contributed by atoms with van der Waals surface area (Å²) in [6, 6.07) is 15.8. The van der Waals surface area contributed by atoms with Gasteiger partial charge >= 0.3 is 6.03 Å². The minimum atomic E-state index is -0.321. The van der Waals surface area contributed by atoms with Gasteiger partial charge in [0.05, 0.1) is 0 Å². The summed E-state index contributed by atoms with van der Waals surface area (Å²) in [7, 11) is 0.